The van der Waals surface area contributed by atoms with E-state index in [1.807, 2.05) is 0 Å². The van der Waals surface area contributed by atoms with Crippen molar-refractivity contribution in [3.05, 3.63) is 23.8 Å². The Labute approximate surface area is 136 Å². The van der Waals surface area contributed by atoms with E-state index in [0.29, 0.717) is 12.8 Å². The van der Waals surface area contributed by atoms with Gasteiger partial charge < -0.3 is 15.2 Å². The van der Waals surface area contributed by atoms with Gasteiger partial charge in [-0.3, -0.25) is 4.79 Å². The summed E-state index contributed by atoms with van der Waals surface area (Å²) in [5.74, 6) is -3.77. The summed E-state index contributed by atoms with van der Waals surface area (Å²) in [7, 11) is 1.29. The molecule has 0 heterocycles. The zero-order chi connectivity index (χ0) is 17.9. The molecule has 1 amide bonds. The maximum absolute atomic E-state index is 12.8. The van der Waals surface area contributed by atoms with Crippen molar-refractivity contribution < 1.29 is 32.6 Å². The molecule has 1 fully saturated rings. The maximum atomic E-state index is 12.8. The third kappa shape index (κ3) is 4.18. The number of aromatic carboxylic acids is 1. The average Bonchev–Trinajstić information content (AvgIpc) is 2.53. The van der Waals surface area contributed by atoms with Crippen LogP contribution in [-0.2, 0) is 4.79 Å². The van der Waals surface area contributed by atoms with Gasteiger partial charge in [0.25, 0.3) is 0 Å². The molecule has 0 aliphatic heterocycles. The monoisotopic (exact) mass is 345 g/mol. The molecule has 132 valence electrons. The zero-order valence-corrected chi connectivity index (χ0v) is 13.0. The molecule has 1 aromatic rings. The Morgan fingerprint density at radius 1 is 1.29 bits per heavy atom. The van der Waals surface area contributed by atoms with Gasteiger partial charge in [-0.1, -0.05) is 6.42 Å². The number of carboxylic acids is 1. The van der Waals surface area contributed by atoms with Crippen LogP contribution in [0, 0.1) is 11.8 Å². The van der Waals surface area contributed by atoms with Crippen molar-refractivity contribution in [1.29, 1.82) is 0 Å². The van der Waals surface area contributed by atoms with Crippen molar-refractivity contribution in [2.45, 2.75) is 31.9 Å². The second kappa shape index (κ2) is 7.11. The molecule has 1 saturated carbocycles. The fourth-order valence-electron chi connectivity index (χ4n) is 2.92. The number of ether oxygens (including phenoxy) is 1. The Bertz CT molecular complexity index is 630. The second-order valence-corrected chi connectivity index (χ2v) is 5.81. The predicted octanol–water partition coefficient (Wildman–Crippen LogP) is 3.70. The average molecular weight is 345 g/mol. The molecular formula is C16H18F3NO4. The molecule has 5 nitrogen and oxygen atoms in total. The SMILES string of the molecule is COc1cc(NC(=O)C2CCCC(C(F)(F)F)C2)ccc1C(=O)O. The van der Waals surface area contributed by atoms with Gasteiger partial charge in [-0.2, -0.15) is 13.2 Å². The first-order chi connectivity index (χ1) is 11.2. The van der Waals surface area contributed by atoms with Crippen LogP contribution in [0.3, 0.4) is 0 Å². The normalized spacial score (nSPS) is 21.2. The van der Waals surface area contributed by atoms with Gasteiger partial charge >= 0.3 is 12.1 Å². The smallest absolute Gasteiger partial charge is 0.391 e. The van der Waals surface area contributed by atoms with E-state index in [0.717, 1.165) is 0 Å². The highest BCUT2D eigenvalue weighted by molar-refractivity contribution is 5.95. The largest absolute Gasteiger partial charge is 0.496 e. The van der Waals surface area contributed by atoms with E-state index in [2.05, 4.69) is 5.32 Å². The van der Waals surface area contributed by atoms with E-state index in [1.165, 1.54) is 25.3 Å². The van der Waals surface area contributed by atoms with Crippen molar-refractivity contribution >= 4 is 17.6 Å². The highest BCUT2D eigenvalue weighted by Crippen LogP contribution is 2.40. The number of nitrogens with one attached hydrogen (secondary N) is 1. The summed E-state index contributed by atoms with van der Waals surface area (Å²) < 4.78 is 43.4. The van der Waals surface area contributed by atoms with Crippen LogP contribution in [0.4, 0.5) is 18.9 Å². The van der Waals surface area contributed by atoms with Crippen LogP contribution in [0.2, 0.25) is 0 Å². The van der Waals surface area contributed by atoms with Crippen LogP contribution >= 0.6 is 0 Å². The molecule has 8 heteroatoms. The first-order valence-corrected chi connectivity index (χ1v) is 7.51. The third-order valence-corrected chi connectivity index (χ3v) is 4.21. The molecule has 0 aromatic heterocycles. The summed E-state index contributed by atoms with van der Waals surface area (Å²) in [5, 5.41) is 11.6. The van der Waals surface area contributed by atoms with Crippen molar-refractivity contribution in [1.82, 2.24) is 0 Å². The van der Waals surface area contributed by atoms with Crippen LogP contribution in [0.15, 0.2) is 18.2 Å². The highest BCUT2D eigenvalue weighted by atomic mass is 19.4. The molecule has 2 rings (SSSR count). The first-order valence-electron chi connectivity index (χ1n) is 7.51. The molecule has 24 heavy (non-hydrogen) atoms. The van der Waals surface area contributed by atoms with Crippen LogP contribution in [0.1, 0.15) is 36.0 Å². The number of rotatable bonds is 4. The summed E-state index contributed by atoms with van der Waals surface area (Å²) in [6, 6.07) is 4.00. The number of hydrogen-bond acceptors (Lipinski definition) is 3. The maximum Gasteiger partial charge on any atom is 0.391 e. The Morgan fingerprint density at radius 2 is 2.00 bits per heavy atom. The van der Waals surface area contributed by atoms with E-state index in [4.69, 9.17) is 9.84 Å². The third-order valence-electron chi connectivity index (χ3n) is 4.21. The number of halogens is 3. The van der Waals surface area contributed by atoms with Gasteiger partial charge in [-0.05, 0) is 31.4 Å². The molecule has 2 atom stereocenters. The van der Waals surface area contributed by atoms with Crippen LogP contribution in [-0.4, -0.2) is 30.3 Å². The zero-order valence-electron chi connectivity index (χ0n) is 13.0. The molecule has 2 unspecified atom stereocenters. The van der Waals surface area contributed by atoms with Gasteiger partial charge in [0.15, 0.2) is 0 Å². The van der Waals surface area contributed by atoms with Gasteiger partial charge in [0, 0.05) is 17.7 Å². The molecule has 1 aliphatic carbocycles. The number of anilines is 1. The van der Waals surface area contributed by atoms with Crippen LogP contribution in [0.5, 0.6) is 5.75 Å². The van der Waals surface area contributed by atoms with Crippen molar-refractivity contribution in [2.75, 3.05) is 12.4 Å². The standard InChI is InChI=1S/C16H18F3NO4/c1-24-13-8-11(5-6-12(13)15(22)23)20-14(21)9-3-2-4-10(7-9)16(17,18)19/h5-6,8-10H,2-4,7H2,1H3,(H,20,21)(H,22,23). The summed E-state index contributed by atoms with van der Waals surface area (Å²) in [6.07, 6.45) is -3.70. The lowest BCUT2D eigenvalue weighted by atomic mass is 9.80. The minimum Gasteiger partial charge on any atom is -0.496 e. The number of amides is 1. The van der Waals surface area contributed by atoms with Gasteiger partial charge in [-0.15, -0.1) is 0 Å². The Kier molecular flexibility index (Phi) is 5.36. The molecule has 0 saturated heterocycles. The Hall–Kier alpha value is -2.25. The van der Waals surface area contributed by atoms with Gasteiger partial charge in [0.05, 0.1) is 13.0 Å². The molecule has 0 spiro atoms. The van der Waals surface area contributed by atoms with E-state index in [-0.39, 0.29) is 29.8 Å². The molecule has 2 N–H and O–H groups in total. The van der Waals surface area contributed by atoms with Gasteiger partial charge in [-0.25, -0.2) is 4.79 Å². The summed E-state index contributed by atoms with van der Waals surface area (Å²) in [4.78, 5) is 23.2. The lowest BCUT2D eigenvalue weighted by Crippen LogP contribution is -2.34. The number of carbonyl (C=O) groups excluding carboxylic acids is 1. The van der Waals surface area contributed by atoms with E-state index >= 15 is 0 Å². The lowest BCUT2D eigenvalue weighted by Gasteiger charge is -2.29. The number of carboxylic acid groups (broad SMARTS) is 1. The number of hydrogen-bond donors (Lipinski definition) is 2. The molecule has 0 bridgehead atoms. The summed E-state index contributed by atoms with van der Waals surface area (Å²) in [6.45, 7) is 0. The topological polar surface area (TPSA) is 75.6 Å². The number of carbonyl (C=O) groups is 2. The number of benzene rings is 1. The predicted molar refractivity (Wildman–Crippen MR) is 80.1 cm³/mol. The molecule has 0 radical (unpaired) electrons. The Balaban J connectivity index is 2.08. The lowest BCUT2D eigenvalue weighted by molar-refractivity contribution is -0.185. The van der Waals surface area contributed by atoms with Crippen LogP contribution < -0.4 is 10.1 Å². The quantitative estimate of drug-likeness (QED) is 0.872. The molecule has 1 aromatic carbocycles. The van der Waals surface area contributed by atoms with Crippen molar-refractivity contribution in [2.24, 2.45) is 11.8 Å². The fourth-order valence-corrected chi connectivity index (χ4v) is 2.92. The summed E-state index contributed by atoms with van der Waals surface area (Å²) >= 11 is 0. The second-order valence-electron chi connectivity index (χ2n) is 5.81. The number of methoxy groups -OCH3 is 1. The Morgan fingerprint density at radius 3 is 2.58 bits per heavy atom. The molecular weight excluding hydrogens is 327 g/mol. The van der Waals surface area contributed by atoms with E-state index in [9.17, 15) is 22.8 Å². The van der Waals surface area contributed by atoms with Crippen molar-refractivity contribution in [3.8, 4) is 5.75 Å². The van der Waals surface area contributed by atoms with E-state index < -0.39 is 29.9 Å². The minimum atomic E-state index is -4.29. The number of alkyl halides is 3. The van der Waals surface area contributed by atoms with Crippen LogP contribution in [0.25, 0.3) is 0 Å². The minimum absolute atomic E-state index is 0.0500. The van der Waals surface area contributed by atoms with E-state index in [1.54, 1.807) is 0 Å². The molecule has 1 aliphatic rings. The first kappa shape index (κ1) is 18.1. The van der Waals surface area contributed by atoms with Gasteiger partial charge in [0.1, 0.15) is 11.3 Å². The van der Waals surface area contributed by atoms with Crippen molar-refractivity contribution in [3.63, 3.8) is 0 Å². The highest BCUT2D eigenvalue weighted by Gasteiger charge is 2.43. The van der Waals surface area contributed by atoms with Gasteiger partial charge in [0.2, 0.25) is 5.91 Å². The fraction of sp³-hybridized carbons (Fsp3) is 0.500. The summed E-state index contributed by atoms with van der Waals surface area (Å²) in [5.41, 5.74) is 0.223.